The van der Waals surface area contributed by atoms with Gasteiger partial charge in [0.2, 0.25) is 0 Å². The summed E-state index contributed by atoms with van der Waals surface area (Å²) in [6.45, 7) is 4.30. The van der Waals surface area contributed by atoms with Gasteiger partial charge >= 0.3 is 5.97 Å². The lowest BCUT2D eigenvalue weighted by Crippen LogP contribution is -2.55. The van der Waals surface area contributed by atoms with Crippen molar-refractivity contribution in [3.63, 3.8) is 0 Å². The molecule has 2 unspecified atom stereocenters. The topological polar surface area (TPSA) is 78.3 Å². The lowest BCUT2D eigenvalue weighted by molar-refractivity contribution is -0.163. The van der Waals surface area contributed by atoms with Gasteiger partial charge in [-0.25, -0.2) is 13.6 Å². The van der Waals surface area contributed by atoms with Crippen molar-refractivity contribution in [3.05, 3.63) is 35.9 Å². The van der Waals surface area contributed by atoms with Crippen LogP contribution in [0.5, 0.6) is 0 Å². The number of nitrogens with two attached hydrogens (primary N) is 2. The first-order valence-electron chi connectivity index (χ1n) is 8.34. The summed E-state index contributed by atoms with van der Waals surface area (Å²) in [7, 11) is 0. The summed E-state index contributed by atoms with van der Waals surface area (Å²) < 4.78 is 32.1. The molecule has 6 heteroatoms. The molecular weight excluding hydrogens is 314 g/mol. The Morgan fingerprint density at radius 2 is 1.83 bits per heavy atom. The lowest BCUT2D eigenvalue weighted by atomic mass is 9.94. The van der Waals surface area contributed by atoms with Gasteiger partial charge in [-0.05, 0) is 43.7 Å². The van der Waals surface area contributed by atoms with Gasteiger partial charge in [-0.3, -0.25) is 0 Å². The molecule has 0 aliphatic carbocycles. The molecule has 0 fully saturated rings. The number of ether oxygens (including phenoxy) is 1. The van der Waals surface area contributed by atoms with Crippen LogP contribution in [0.3, 0.4) is 0 Å². The summed E-state index contributed by atoms with van der Waals surface area (Å²) in [6.07, 6.45) is -2.19. The van der Waals surface area contributed by atoms with E-state index in [0.29, 0.717) is 12.3 Å². The number of benzene rings is 1. The van der Waals surface area contributed by atoms with Crippen molar-refractivity contribution in [1.82, 2.24) is 0 Å². The molecular formula is C18H28F2N2O2. The summed E-state index contributed by atoms with van der Waals surface area (Å²) in [5.74, 6) is -0.659. The largest absolute Gasteiger partial charge is 0.456 e. The van der Waals surface area contributed by atoms with E-state index in [4.69, 9.17) is 16.2 Å². The second kappa shape index (κ2) is 9.69. The van der Waals surface area contributed by atoms with E-state index in [1.807, 2.05) is 30.3 Å². The fraction of sp³-hybridized carbons (Fsp3) is 0.611. The molecule has 24 heavy (non-hydrogen) atoms. The molecule has 0 amide bonds. The summed E-state index contributed by atoms with van der Waals surface area (Å²) in [4.78, 5) is 12.4. The molecule has 1 aromatic rings. The highest BCUT2D eigenvalue weighted by Gasteiger charge is 2.45. The first-order chi connectivity index (χ1) is 11.3. The number of carbonyl (C=O) groups is 1. The van der Waals surface area contributed by atoms with Gasteiger partial charge in [-0.1, -0.05) is 44.2 Å². The standard InChI is InChI=1S/C18H28F2N2O2/c1-13(2)9-10-15(14-7-4-3-5-8-14)24-17(23)18(22,16(19)20)11-6-12-21/h3-5,7-8,13,15-16H,6,9-12,21-22H2,1-2H3. The Balaban J connectivity index is 2.92. The highest BCUT2D eigenvalue weighted by Crippen LogP contribution is 2.29. The average molecular weight is 342 g/mol. The van der Waals surface area contributed by atoms with Crippen molar-refractivity contribution in [2.45, 2.75) is 57.6 Å². The third-order valence-electron chi connectivity index (χ3n) is 3.99. The molecule has 0 spiro atoms. The van der Waals surface area contributed by atoms with E-state index in [1.165, 1.54) is 0 Å². The number of halogens is 2. The predicted octanol–water partition coefficient (Wildman–Crippen LogP) is 3.41. The molecule has 0 saturated carbocycles. The highest BCUT2D eigenvalue weighted by atomic mass is 19.3. The molecule has 0 aliphatic heterocycles. The molecule has 4 N–H and O–H groups in total. The van der Waals surface area contributed by atoms with E-state index in [0.717, 1.165) is 12.0 Å². The molecule has 0 heterocycles. The average Bonchev–Trinajstić information content (AvgIpc) is 2.56. The maximum atomic E-state index is 13.4. The third kappa shape index (κ3) is 5.83. The van der Waals surface area contributed by atoms with Gasteiger partial charge in [0.05, 0.1) is 0 Å². The molecule has 4 nitrogen and oxygen atoms in total. The number of alkyl halides is 2. The normalized spacial score (nSPS) is 15.3. The van der Waals surface area contributed by atoms with Crippen molar-refractivity contribution in [2.24, 2.45) is 17.4 Å². The number of hydrogen-bond acceptors (Lipinski definition) is 4. The second-order valence-electron chi connectivity index (χ2n) is 6.51. The van der Waals surface area contributed by atoms with Gasteiger partial charge in [-0.2, -0.15) is 0 Å². The van der Waals surface area contributed by atoms with E-state index < -0.39 is 24.0 Å². The van der Waals surface area contributed by atoms with Crippen LogP contribution in [0.1, 0.15) is 51.2 Å². The van der Waals surface area contributed by atoms with Crippen LogP contribution in [-0.2, 0) is 9.53 Å². The fourth-order valence-electron chi connectivity index (χ4n) is 2.38. The fourth-order valence-corrected chi connectivity index (χ4v) is 2.38. The van der Waals surface area contributed by atoms with Gasteiger partial charge in [0, 0.05) is 0 Å². The van der Waals surface area contributed by atoms with Gasteiger partial charge in [0.1, 0.15) is 6.10 Å². The number of hydrogen-bond donors (Lipinski definition) is 2. The molecule has 0 aromatic heterocycles. The first kappa shape index (κ1) is 20.5. The first-order valence-corrected chi connectivity index (χ1v) is 8.34. The monoisotopic (exact) mass is 342 g/mol. The molecule has 136 valence electrons. The van der Waals surface area contributed by atoms with Crippen molar-refractivity contribution >= 4 is 5.97 Å². The zero-order chi connectivity index (χ0) is 18.2. The van der Waals surface area contributed by atoms with Crippen molar-refractivity contribution in [3.8, 4) is 0 Å². The minimum atomic E-state index is -3.00. The molecule has 2 atom stereocenters. The van der Waals surface area contributed by atoms with Crippen LogP contribution < -0.4 is 11.5 Å². The molecule has 0 saturated heterocycles. The maximum absolute atomic E-state index is 13.4. The molecule has 1 aromatic carbocycles. The van der Waals surface area contributed by atoms with Crippen molar-refractivity contribution in [2.75, 3.05) is 6.54 Å². The van der Waals surface area contributed by atoms with Gasteiger partial charge < -0.3 is 16.2 Å². The lowest BCUT2D eigenvalue weighted by Gasteiger charge is -2.29. The Kier molecular flexibility index (Phi) is 8.28. The van der Waals surface area contributed by atoms with Gasteiger partial charge in [0.15, 0.2) is 5.54 Å². The molecule has 1 rings (SSSR count). The van der Waals surface area contributed by atoms with Crippen LogP contribution in [0.2, 0.25) is 0 Å². The third-order valence-corrected chi connectivity index (χ3v) is 3.99. The smallest absolute Gasteiger partial charge is 0.332 e. The van der Waals surface area contributed by atoms with E-state index in [2.05, 4.69) is 13.8 Å². The summed E-state index contributed by atoms with van der Waals surface area (Å²) >= 11 is 0. The molecule has 0 aliphatic rings. The highest BCUT2D eigenvalue weighted by molar-refractivity contribution is 5.81. The van der Waals surface area contributed by atoms with Crippen LogP contribution in [0.4, 0.5) is 8.78 Å². The van der Waals surface area contributed by atoms with Crippen LogP contribution in [0.15, 0.2) is 30.3 Å². The van der Waals surface area contributed by atoms with Crippen molar-refractivity contribution < 1.29 is 18.3 Å². The van der Waals surface area contributed by atoms with Gasteiger partial charge in [0.25, 0.3) is 6.43 Å². The van der Waals surface area contributed by atoms with E-state index in [9.17, 15) is 13.6 Å². The quantitative estimate of drug-likeness (QED) is 0.639. The second-order valence-corrected chi connectivity index (χ2v) is 6.51. The Morgan fingerprint density at radius 3 is 2.33 bits per heavy atom. The molecule has 0 bridgehead atoms. The Labute approximate surface area is 142 Å². The maximum Gasteiger partial charge on any atom is 0.332 e. The van der Waals surface area contributed by atoms with Crippen LogP contribution in [0.25, 0.3) is 0 Å². The molecule has 0 radical (unpaired) electrons. The summed E-state index contributed by atoms with van der Waals surface area (Å²) in [5.41, 5.74) is 9.49. The summed E-state index contributed by atoms with van der Waals surface area (Å²) in [5, 5.41) is 0. The Bertz CT molecular complexity index is 497. The van der Waals surface area contributed by atoms with Gasteiger partial charge in [-0.15, -0.1) is 0 Å². The zero-order valence-corrected chi connectivity index (χ0v) is 14.4. The number of esters is 1. The zero-order valence-electron chi connectivity index (χ0n) is 14.4. The predicted molar refractivity (Wildman–Crippen MR) is 90.6 cm³/mol. The van der Waals surface area contributed by atoms with Crippen LogP contribution >= 0.6 is 0 Å². The van der Waals surface area contributed by atoms with E-state index in [1.54, 1.807) is 0 Å². The minimum Gasteiger partial charge on any atom is -0.456 e. The minimum absolute atomic E-state index is 0.189. The van der Waals surface area contributed by atoms with E-state index >= 15 is 0 Å². The number of carbonyl (C=O) groups excluding carboxylic acids is 1. The number of rotatable bonds is 10. The summed E-state index contributed by atoms with van der Waals surface area (Å²) in [6, 6.07) is 9.13. The van der Waals surface area contributed by atoms with Crippen molar-refractivity contribution in [1.29, 1.82) is 0 Å². The van der Waals surface area contributed by atoms with E-state index in [-0.39, 0.29) is 19.4 Å². The Morgan fingerprint density at radius 1 is 1.21 bits per heavy atom. The van der Waals surface area contributed by atoms with Crippen LogP contribution in [0, 0.1) is 5.92 Å². The SMILES string of the molecule is CC(C)CCC(OC(=O)C(N)(CCCN)C(F)F)c1ccccc1. The van der Waals surface area contributed by atoms with Crippen LogP contribution in [-0.4, -0.2) is 24.5 Å². The Hall–Kier alpha value is -1.53.